The van der Waals surface area contributed by atoms with Gasteiger partial charge < -0.3 is 15.6 Å². The Kier molecular flexibility index (Phi) is 5.18. The monoisotopic (exact) mass is 339 g/mol. The Hall–Kier alpha value is -2.72. The van der Waals surface area contributed by atoms with E-state index in [0.29, 0.717) is 11.6 Å². The van der Waals surface area contributed by atoms with Crippen LogP contribution in [0.5, 0.6) is 0 Å². The molecule has 0 atom stereocenters. The maximum atomic E-state index is 11.8. The van der Waals surface area contributed by atoms with E-state index in [1.54, 1.807) is 12.3 Å². The van der Waals surface area contributed by atoms with Crippen LogP contribution in [0.3, 0.4) is 0 Å². The molecule has 0 aliphatic heterocycles. The Morgan fingerprint density at radius 3 is 2.79 bits per heavy atom. The van der Waals surface area contributed by atoms with E-state index < -0.39 is 0 Å². The molecule has 0 fully saturated rings. The smallest absolute Gasteiger partial charge is 0.318 e. The number of benzene rings is 2. The van der Waals surface area contributed by atoms with Crippen molar-refractivity contribution < 1.29 is 4.79 Å². The molecule has 1 aromatic heterocycles. The number of aromatic amines is 1. The van der Waals surface area contributed by atoms with Crippen LogP contribution in [-0.2, 0) is 6.42 Å². The number of fused-ring (bicyclic) bond motifs is 1. The van der Waals surface area contributed by atoms with E-state index in [0.717, 1.165) is 17.5 Å². The number of carbonyl (C=O) groups is 1. The minimum absolute atomic E-state index is 0.238. The van der Waals surface area contributed by atoms with Gasteiger partial charge in [0.1, 0.15) is 0 Å². The number of H-pyrrole nitrogens is 1. The fourth-order valence-electron chi connectivity index (χ4n) is 2.52. The Bertz CT molecular complexity index is 870. The summed E-state index contributed by atoms with van der Waals surface area (Å²) >= 11 is 6.05. The zero-order valence-corrected chi connectivity index (χ0v) is 13.8. The molecule has 3 aromatic rings. The molecule has 3 rings (SSSR count). The standard InChI is InChI=1S/C19H18ClN3O/c20-17-7-3-1-5-14(17)9-11-21-19(24)22-12-10-15-13-23-18-8-4-2-6-16(15)18/h1-9,11,13,23H,10,12H2,(H2,21,22,24)/b11-9+. The highest BCUT2D eigenvalue weighted by Crippen LogP contribution is 2.17. The van der Waals surface area contributed by atoms with Gasteiger partial charge in [-0.15, -0.1) is 0 Å². The summed E-state index contributed by atoms with van der Waals surface area (Å²) < 4.78 is 0. The van der Waals surface area contributed by atoms with Crippen molar-refractivity contribution in [2.45, 2.75) is 6.42 Å². The SMILES string of the molecule is O=C(N/C=C/c1ccccc1Cl)NCCc1c[nH]c2ccccc12. The number of aromatic nitrogens is 1. The summed E-state index contributed by atoms with van der Waals surface area (Å²) in [6, 6.07) is 15.3. The number of halogens is 1. The molecule has 4 nitrogen and oxygen atoms in total. The Morgan fingerprint density at radius 1 is 1.12 bits per heavy atom. The van der Waals surface area contributed by atoms with Crippen LogP contribution in [0.25, 0.3) is 17.0 Å². The molecule has 24 heavy (non-hydrogen) atoms. The maximum absolute atomic E-state index is 11.8. The van der Waals surface area contributed by atoms with Gasteiger partial charge in [-0.2, -0.15) is 0 Å². The van der Waals surface area contributed by atoms with Crippen molar-refractivity contribution in [2.75, 3.05) is 6.54 Å². The molecule has 0 aliphatic carbocycles. The molecule has 0 saturated carbocycles. The third-order valence-corrected chi connectivity index (χ3v) is 4.08. The van der Waals surface area contributed by atoms with Gasteiger partial charge in [0.2, 0.25) is 0 Å². The number of nitrogens with one attached hydrogen (secondary N) is 3. The molecule has 2 amide bonds. The van der Waals surface area contributed by atoms with E-state index in [1.807, 2.05) is 48.7 Å². The Balaban J connectivity index is 1.47. The molecule has 1 heterocycles. The van der Waals surface area contributed by atoms with Gasteiger partial charge >= 0.3 is 6.03 Å². The summed E-state index contributed by atoms with van der Waals surface area (Å²) in [4.78, 5) is 15.0. The second-order valence-electron chi connectivity index (χ2n) is 5.36. The van der Waals surface area contributed by atoms with Crippen molar-refractivity contribution in [3.05, 3.63) is 77.1 Å². The summed E-state index contributed by atoms with van der Waals surface area (Å²) in [5, 5.41) is 7.36. The zero-order valence-electron chi connectivity index (χ0n) is 13.1. The summed E-state index contributed by atoms with van der Waals surface area (Å²) in [6.07, 6.45) is 6.11. The minimum Gasteiger partial charge on any atom is -0.361 e. The van der Waals surface area contributed by atoms with Crippen LogP contribution >= 0.6 is 11.6 Å². The Morgan fingerprint density at radius 2 is 1.92 bits per heavy atom. The van der Waals surface area contributed by atoms with E-state index >= 15 is 0 Å². The summed E-state index contributed by atoms with van der Waals surface area (Å²) in [5.74, 6) is 0. The molecule has 3 N–H and O–H groups in total. The maximum Gasteiger partial charge on any atom is 0.318 e. The van der Waals surface area contributed by atoms with Gasteiger partial charge in [-0.05, 0) is 35.8 Å². The van der Waals surface area contributed by atoms with Crippen molar-refractivity contribution >= 4 is 34.6 Å². The van der Waals surface area contributed by atoms with Crippen LogP contribution in [0.1, 0.15) is 11.1 Å². The largest absolute Gasteiger partial charge is 0.361 e. The summed E-state index contributed by atoms with van der Waals surface area (Å²) in [7, 11) is 0. The van der Waals surface area contributed by atoms with Crippen LogP contribution < -0.4 is 10.6 Å². The minimum atomic E-state index is -0.238. The van der Waals surface area contributed by atoms with Gasteiger partial charge in [-0.25, -0.2) is 4.79 Å². The lowest BCUT2D eigenvalue weighted by Gasteiger charge is -2.04. The van der Waals surface area contributed by atoms with Gasteiger partial charge in [0, 0.05) is 34.9 Å². The molecule has 0 unspecified atom stereocenters. The first-order chi connectivity index (χ1) is 11.7. The number of urea groups is 1. The Labute approximate surface area is 145 Å². The normalized spacial score (nSPS) is 11.0. The topological polar surface area (TPSA) is 56.9 Å². The van der Waals surface area contributed by atoms with Crippen LogP contribution in [0.2, 0.25) is 5.02 Å². The molecule has 0 aliphatic rings. The van der Waals surface area contributed by atoms with Gasteiger partial charge in [0.25, 0.3) is 0 Å². The third kappa shape index (κ3) is 3.97. The lowest BCUT2D eigenvalue weighted by atomic mass is 10.1. The number of amides is 2. The number of rotatable bonds is 5. The van der Waals surface area contributed by atoms with Crippen LogP contribution in [0.4, 0.5) is 4.79 Å². The number of hydrogen-bond acceptors (Lipinski definition) is 1. The predicted molar refractivity (Wildman–Crippen MR) is 99.0 cm³/mol. The van der Waals surface area contributed by atoms with Crippen LogP contribution in [0, 0.1) is 0 Å². The second-order valence-corrected chi connectivity index (χ2v) is 5.77. The van der Waals surface area contributed by atoms with E-state index in [2.05, 4.69) is 21.7 Å². The molecule has 5 heteroatoms. The molecular weight excluding hydrogens is 322 g/mol. The summed E-state index contributed by atoms with van der Waals surface area (Å²) in [6.45, 7) is 0.563. The van der Waals surface area contributed by atoms with Crippen molar-refractivity contribution in [3.63, 3.8) is 0 Å². The highest BCUT2D eigenvalue weighted by atomic mass is 35.5. The average molecular weight is 340 g/mol. The van der Waals surface area contributed by atoms with Crippen molar-refractivity contribution in [3.8, 4) is 0 Å². The summed E-state index contributed by atoms with van der Waals surface area (Å²) in [5.41, 5.74) is 3.16. The molecule has 0 saturated heterocycles. The number of carbonyl (C=O) groups excluding carboxylic acids is 1. The molecule has 2 aromatic carbocycles. The van der Waals surface area contributed by atoms with Crippen LogP contribution in [0.15, 0.2) is 60.9 Å². The first-order valence-electron chi connectivity index (χ1n) is 7.74. The molecule has 122 valence electrons. The lowest BCUT2D eigenvalue weighted by Crippen LogP contribution is -2.33. The lowest BCUT2D eigenvalue weighted by molar-refractivity contribution is 0.244. The highest BCUT2D eigenvalue weighted by molar-refractivity contribution is 6.32. The van der Waals surface area contributed by atoms with E-state index in [4.69, 9.17) is 11.6 Å². The van der Waals surface area contributed by atoms with Crippen LogP contribution in [-0.4, -0.2) is 17.6 Å². The van der Waals surface area contributed by atoms with Gasteiger partial charge in [-0.3, -0.25) is 0 Å². The first-order valence-corrected chi connectivity index (χ1v) is 8.12. The van der Waals surface area contributed by atoms with Crippen molar-refractivity contribution in [1.82, 2.24) is 15.6 Å². The zero-order chi connectivity index (χ0) is 16.8. The fourth-order valence-corrected chi connectivity index (χ4v) is 2.72. The van der Waals surface area contributed by atoms with Crippen molar-refractivity contribution in [2.24, 2.45) is 0 Å². The van der Waals surface area contributed by atoms with Gasteiger partial charge in [0.15, 0.2) is 0 Å². The molecule has 0 spiro atoms. The van der Waals surface area contributed by atoms with E-state index in [-0.39, 0.29) is 6.03 Å². The van der Waals surface area contributed by atoms with Gasteiger partial charge in [0.05, 0.1) is 0 Å². The molecule has 0 bridgehead atoms. The second kappa shape index (κ2) is 7.70. The first kappa shape index (κ1) is 16.1. The highest BCUT2D eigenvalue weighted by Gasteiger charge is 2.03. The number of hydrogen-bond donors (Lipinski definition) is 3. The predicted octanol–water partition coefficient (Wildman–Crippen LogP) is 4.33. The van der Waals surface area contributed by atoms with Gasteiger partial charge in [-0.1, -0.05) is 48.0 Å². The van der Waals surface area contributed by atoms with E-state index in [1.165, 1.54) is 10.9 Å². The molecule has 0 radical (unpaired) electrons. The average Bonchev–Trinajstić information content (AvgIpc) is 3.00. The van der Waals surface area contributed by atoms with E-state index in [9.17, 15) is 4.79 Å². The molecular formula is C19H18ClN3O. The fraction of sp³-hybridized carbons (Fsp3) is 0.105. The number of para-hydroxylation sites is 1. The quantitative estimate of drug-likeness (QED) is 0.636. The van der Waals surface area contributed by atoms with Crippen molar-refractivity contribution in [1.29, 1.82) is 0 Å². The third-order valence-electron chi connectivity index (χ3n) is 3.74.